The van der Waals surface area contributed by atoms with E-state index in [4.69, 9.17) is 5.26 Å². The molecule has 0 saturated carbocycles. The molecule has 0 aliphatic carbocycles. The molecule has 7 heteroatoms. The number of likely N-dealkylation sites (tertiary alicyclic amines) is 1. The van der Waals surface area contributed by atoms with Crippen molar-refractivity contribution in [2.75, 3.05) is 13.1 Å². The number of rotatable bonds is 7. The molecule has 1 amide bonds. The molecule has 3 aromatic rings. The number of carbonyl (C=O) groups is 1. The highest BCUT2D eigenvalue weighted by molar-refractivity contribution is 5.76. The highest BCUT2D eigenvalue weighted by atomic mass is 19.1. The molecular weight excluding hydrogens is 443 g/mol. The van der Waals surface area contributed by atoms with Crippen LogP contribution in [0.15, 0.2) is 55.0 Å². The summed E-state index contributed by atoms with van der Waals surface area (Å²) >= 11 is 0. The number of hydrogen-bond donors (Lipinski definition) is 1. The van der Waals surface area contributed by atoms with Crippen LogP contribution in [0.1, 0.15) is 61.4 Å². The van der Waals surface area contributed by atoms with Gasteiger partial charge in [-0.25, -0.2) is 9.37 Å². The van der Waals surface area contributed by atoms with Gasteiger partial charge in [-0.05, 0) is 61.1 Å². The number of hydrogen-bond acceptors (Lipinski definition) is 4. The average Bonchev–Trinajstić information content (AvgIpc) is 3.17. The summed E-state index contributed by atoms with van der Waals surface area (Å²) in [5.41, 5.74) is 2.60. The van der Waals surface area contributed by atoms with Crippen molar-refractivity contribution < 1.29 is 14.3 Å². The molecule has 1 aliphatic rings. The van der Waals surface area contributed by atoms with Gasteiger partial charge in [-0.15, -0.1) is 0 Å². The largest absolute Gasteiger partial charge is 0.508 e. The molecule has 1 aliphatic heterocycles. The molecule has 2 aromatic carbocycles. The van der Waals surface area contributed by atoms with E-state index in [1.54, 1.807) is 24.7 Å². The number of amides is 1. The average molecular weight is 475 g/mol. The van der Waals surface area contributed by atoms with Gasteiger partial charge in [0.15, 0.2) is 0 Å². The van der Waals surface area contributed by atoms with E-state index in [1.165, 1.54) is 12.1 Å². The summed E-state index contributed by atoms with van der Waals surface area (Å²) in [5, 5.41) is 19.0. The lowest BCUT2D eigenvalue weighted by Crippen LogP contribution is -2.42. The first-order chi connectivity index (χ1) is 16.9. The van der Waals surface area contributed by atoms with E-state index in [1.807, 2.05) is 27.7 Å². The minimum atomic E-state index is -0.533. The number of aromatic hydroxyl groups is 1. The number of imidazole rings is 1. The van der Waals surface area contributed by atoms with Crippen LogP contribution in [0.5, 0.6) is 5.75 Å². The molecule has 6 nitrogen and oxygen atoms in total. The Morgan fingerprint density at radius 3 is 2.86 bits per heavy atom. The topological polar surface area (TPSA) is 82.2 Å². The maximum Gasteiger partial charge on any atom is 0.222 e. The van der Waals surface area contributed by atoms with Crippen LogP contribution in [-0.4, -0.2) is 38.6 Å². The summed E-state index contributed by atoms with van der Waals surface area (Å²) in [7, 11) is 0. The quantitative estimate of drug-likeness (QED) is 0.526. The van der Waals surface area contributed by atoms with Gasteiger partial charge in [0.2, 0.25) is 5.91 Å². The van der Waals surface area contributed by atoms with Crippen molar-refractivity contribution in [2.45, 2.75) is 57.4 Å². The van der Waals surface area contributed by atoms with Crippen LogP contribution in [0, 0.1) is 17.1 Å². The number of aryl methyl sites for hydroxylation is 1. The number of aromatic nitrogens is 2. The summed E-state index contributed by atoms with van der Waals surface area (Å²) < 4.78 is 15.9. The van der Waals surface area contributed by atoms with Crippen molar-refractivity contribution in [3.63, 3.8) is 0 Å². The Bertz CT molecular complexity index is 1230. The third kappa shape index (κ3) is 5.54. The molecule has 4 rings (SSSR count). The van der Waals surface area contributed by atoms with Crippen molar-refractivity contribution in [2.24, 2.45) is 0 Å². The van der Waals surface area contributed by atoms with E-state index < -0.39 is 5.82 Å². The minimum Gasteiger partial charge on any atom is -0.508 e. The van der Waals surface area contributed by atoms with E-state index in [0.717, 1.165) is 49.0 Å². The molecule has 0 radical (unpaired) electrons. The number of nitriles is 1. The number of benzene rings is 2. The van der Waals surface area contributed by atoms with Crippen LogP contribution in [0.2, 0.25) is 0 Å². The summed E-state index contributed by atoms with van der Waals surface area (Å²) in [6, 6.07) is 13.9. The minimum absolute atomic E-state index is 0.0246. The number of carbonyl (C=O) groups excluding carboxylic acids is 1. The molecule has 182 valence electrons. The molecule has 1 aromatic heterocycles. The first-order valence-corrected chi connectivity index (χ1v) is 12.2. The van der Waals surface area contributed by atoms with Gasteiger partial charge >= 0.3 is 0 Å². The third-order valence-corrected chi connectivity index (χ3v) is 7.22. The van der Waals surface area contributed by atoms with Gasteiger partial charge in [0, 0.05) is 43.4 Å². The highest BCUT2D eigenvalue weighted by Gasteiger charge is 2.35. The zero-order chi connectivity index (χ0) is 24.8. The molecule has 1 saturated heterocycles. The lowest BCUT2D eigenvalue weighted by Gasteiger charge is -2.36. The Labute approximate surface area is 205 Å². The lowest BCUT2D eigenvalue weighted by atomic mass is 9.74. The van der Waals surface area contributed by atoms with Crippen LogP contribution in [0.4, 0.5) is 4.39 Å². The number of phenols is 1. The van der Waals surface area contributed by atoms with Gasteiger partial charge < -0.3 is 14.6 Å². The molecular formula is C28H31FN4O2. The van der Waals surface area contributed by atoms with E-state index in [-0.39, 0.29) is 22.6 Å². The van der Waals surface area contributed by atoms with Crippen molar-refractivity contribution in [3.8, 4) is 11.8 Å². The van der Waals surface area contributed by atoms with E-state index in [9.17, 15) is 14.3 Å². The normalized spacial score (nSPS) is 18.1. The van der Waals surface area contributed by atoms with Crippen LogP contribution < -0.4 is 0 Å². The molecule has 1 unspecified atom stereocenters. The van der Waals surface area contributed by atoms with Crippen LogP contribution in [0.3, 0.4) is 0 Å². The standard InChI is InChI=1S/C28H31FN4O2/c1-2-28(23-6-5-7-25(34)15-23)12-3-4-13-32(19-28)27(35)11-10-24-17-31-20-33(24)18-21-8-9-22(16-30)26(29)14-21/h5-9,14-15,17,20,34H,2-4,10-13,18-19H2,1H3. The first-order valence-electron chi connectivity index (χ1n) is 12.2. The highest BCUT2D eigenvalue weighted by Crippen LogP contribution is 2.38. The van der Waals surface area contributed by atoms with E-state index >= 15 is 0 Å². The fourth-order valence-corrected chi connectivity index (χ4v) is 5.10. The molecule has 0 bridgehead atoms. The Morgan fingerprint density at radius 1 is 1.26 bits per heavy atom. The van der Waals surface area contributed by atoms with Crippen LogP contribution in [-0.2, 0) is 23.2 Å². The van der Waals surface area contributed by atoms with Gasteiger partial charge in [0.25, 0.3) is 0 Å². The van der Waals surface area contributed by atoms with Crippen molar-refractivity contribution in [3.05, 3.63) is 83.2 Å². The van der Waals surface area contributed by atoms with Gasteiger partial charge in [0.1, 0.15) is 17.6 Å². The monoisotopic (exact) mass is 474 g/mol. The van der Waals surface area contributed by atoms with Crippen molar-refractivity contribution in [1.82, 2.24) is 14.5 Å². The zero-order valence-corrected chi connectivity index (χ0v) is 20.1. The fraction of sp³-hybridized carbons (Fsp3) is 0.393. The first kappa shape index (κ1) is 24.5. The summed E-state index contributed by atoms with van der Waals surface area (Å²) in [6.45, 7) is 3.97. The van der Waals surface area contributed by atoms with Gasteiger partial charge in [-0.3, -0.25) is 4.79 Å². The molecule has 1 fully saturated rings. The Kier molecular flexibility index (Phi) is 7.50. The second kappa shape index (κ2) is 10.7. The van der Waals surface area contributed by atoms with Crippen molar-refractivity contribution >= 4 is 5.91 Å². The zero-order valence-electron chi connectivity index (χ0n) is 20.1. The van der Waals surface area contributed by atoms with Crippen LogP contribution >= 0.6 is 0 Å². The maximum absolute atomic E-state index is 14.0. The molecule has 1 N–H and O–H groups in total. The second-order valence-corrected chi connectivity index (χ2v) is 9.40. The fourth-order valence-electron chi connectivity index (χ4n) is 5.10. The summed E-state index contributed by atoms with van der Waals surface area (Å²) in [6.07, 6.45) is 8.24. The van der Waals surface area contributed by atoms with Gasteiger partial charge in [-0.2, -0.15) is 5.26 Å². The molecule has 2 heterocycles. The number of halogens is 1. The van der Waals surface area contributed by atoms with Crippen molar-refractivity contribution in [1.29, 1.82) is 5.26 Å². The smallest absolute Gasteiger partial charge is 0.222 e. The van der Waals surface area contributed by atoms with E-state index in [0.29, 0.717) is 25.9 Å². The predicted octanol–water partition coefficient (Wildman–Crippen LogP) is 4.94. The van der Waals surface area contributed by atoms with Gasteiger partial charge in [-0.1, -0.05) is 31.5 Å². The number of nitrogens with zero attached hydrogens (tertiary/aromatic N) is 4. The molecule has 35 heavy (non-hydrogen) atoms. The number of phenolic OH excluding ortho intramolecular Hbond substituents is 1. The summed E-state index contributed by atoms with van der Waals surface area (Å²) in [4.78, 5) is 19.5. The predicted molar refractivity (Wildman–Crippen MR) is 131 cm³/mol. The second-order valence-electron chi connectivity index (χ2n) is 9.40. The SMILES string of the molecule is CCC1(c2cccc(O)c2)CCCCN(C(=O)CCc2cncn2Cc2ccc(C#N)c(F)c2)C1. The van der Waals surface area contributed by atoms with Gasteiger partial charge in [0.05, 0.1) is 11.9 Å². The summed E-state index contributed by atoms with van der Waals surface area (Å²) in [5.74, 6) is -0.163. The molecule has 0 spiro atoms. The molecule has 1 atom stereocenters. The Balaban J connectivity index is 1.44. The Morgan fingerprint density at radius 2 is 2.11 bits per heavy atom. The van der Waals surface area contributed by atoms with Crippen LogP contribution in [0.25, 0.3) is 0 Å². The third-order valence-electron chi connectivity index (χ3n) is 7.22. The van der Waals surface area contributed by atoms with E-state index in [2.05, 4.69) is 18.0 Å². The Hall–Kier alpha value is -3.66. The maximum atomic E-state index is 14.0. The lowest BCUT2D eigenvalue weighted by molar-refractivity contribution is -0.131.